The van der Waals surface area contributed by atoms with Crippen molar-refractivity contribution in [3.8, 4) is 0 Å². The quantitative estimate of drug-likeness (QED) is 0.704. The minimum absolute atomic E-state index is 0.157. The predicted octanol–water partition coefficient (Wildman–Crippen LogP) is 3.27. The van der Waals surface area contributed by atoms with Gasteiger partial charge in [-0.1, -0.05) is 48.5 Å². The van der Waals surface area contributed by atoms with E-state index in [4.69, 9.17) is 4.74 Å². The second-order valence-electron chi connectivity index (χ2n) is 7.30. The van der Waals surface area contributed by atoms with E-state index < -0.39 is 15.7 Å². The summed E-state index contributed by atoms with van der Waals surface area (Å²) < 4.78 is 31.9. The lowest BCUT2D eigenvalue weighted by Gasteiger charge is -2.27. The van der Waals surface area contributed by atoms with Gasteiger partial charge in [0.15, 0.2) is 4.91 Å². The van der Waals surface area contributed by atoms with Crippen LogP contribution in [-0.4, -0.2) is 45.5 Å². The number of morpholine rings is 1. The summed E-state index contributed by atoms with van der Waals surface area (Å²) in [6.07, 6.45) is 0. The number of hydrogen-bond donors (Lipinski definition) is 1. The van der Waals surface area contributed by atoms with E-state index in [0.717, 1.165) is 16.5 Å². The lowest BCUT2D eigenvalue weighted by Crippen LogP contribution is -2.42. The second kappa shape index (κ2) is 7.27. The maximum Gasteiger partial charge on any atom is 0.268 e. The van der Waals surface area contributed by atoms with Gasteiger partial charge in [0.25, 0.3) is 5.91 Å². The molecular weight excluding hydrogens is 400 g/mol. The predicted molar refractivity (Wildman–Crippen MR) is 116 cm³/mol. The van der Waals surface area contributed by atoms with E-state index in [-0.39, 0.29) is 9.80 Å². The minimum atomic E-state index is -3.92. The van der Waals surface area contributed by atoms with Gasteiger partial charge in [0.1, 0.15) is 0 Å². The van der Waals surface area contributed by atoms with Crippen LogP contribution in [0.15, 0.2) is 76.5 Å². The summed E-state index contributed by atoms with van der Waals surface area (Å²) in [5, 5.41) is 5.35. The van der Waals surface area contributed by atoms with Gasteiger partial charge in [0, 0.05) is 24.3 Å². The Morgan fingerprint density at radius 1 is 0.900 bits per heavy atom. The number of hydrogen-bond acceptors (Lipinski definition) is 5. The molecule has 2 aliphatic heterocycles. The van der Waals surface area contributed by atoms with Crippen LogP contribution in [0, 0.1) is 0 Å². The summed E-state index contributed by atoms with van der Waals surface area (Å²) in [6.45, 7) is 1.55. The summed E-state index contributed by atoms with van der Waals surface area (Å²) >= 11 is 0. The summed E-state index contributed by atoms with van der Waals surface area (Å²) in [6, 6.07) is 20.5. The number of ether oxygens (including phenoxy) is 1. The summed E-state index contributed by atoms with van der Waals surface area (Å²) in [4.78, 5) is 14.8. The molecule has 152 valence electrons. The third kappa shape index (κ3) is 3.07. The van der Waals surface area contributed by atoms with Gasteiger partial charge in [0.05, 0.1) is 23.8 Å². The zero-order valence-corrected chi connectivity index (χ0v) is 17.0. The normalized spacial score (nSPS) is 17.8. The fourth-order valence-electron chi connectivity index (χ4n) is 3.94. The molecule has 2 heterocycles. The molecule has 0 bridgehead atoms. The van der Waals surface area contributed by atoms with Crippen molar-refractivity contribution < 1.29 is 17.9 Å². The minimum Gasteiger partial charge on any atom is -0.378 e. The maximum atomic E-state index is 13.3. The lowest BCUT2D eigenvalue weighted by molar-refractivity contribution is -0.130. The molecule has 0 spiro atoms. The molecule has 3 aromatic rings. The highest BCUT2D eigenvalue weighted by Gasteiger charge is 2.41. The number of carbonyl (C=O) groups is 1. The Bertz CT molecular complexity index is 1290. The van der Waals surface area contributed by atoms with Crippen molar-refractivity contribution >= 4 is 37.9 Å². The highest BCUT2D eigenvalue weighted by atomic mass is 32.2. The van der Waals surface area contributed by atoms with Gasteiger partial charge >= 0.3 is 0 Å². The molecule has 0 aliphatic carbocycles. The Balaban J connectivity index is 1.63. The fraction of sp³-hybridized carbons (Fsp3) is 0.174. The first-order chi connectivity index (χ1) is 14.6. The molecule has 30 heavy (non-hydrogen) atoms. The van der Waals surface area contributed by atoms with Gasteiger partial charge in [0.2, 0.25) is 9.84 Å². The van der Waals surface area contributed by atoms with E-state index in [2.05, 4.69) is 5.32 Å². The van der Waals surface area contributed by atoms with Gasteiger partial charge in [-0.05, 0) is 29.0 Å². The van der Waals surface area contributed by atoms with Crippen molar-refractivity contribution in [2.75, 3.05) is 31.6 Å². The van der Waals surface area contributed by atoms with Crippen LogP contribution in [-0.2, 0) is 19.4 Å². The van der Waals surface area contributed by atoms with Crippen molar-refractivity contribution in [2.45, 2.75) is 4.90 Å². The molecule has 0 aromatic heterocycles. The SMILES string of the molecule is O=C(C1=C(Nc2ccc3ccccc3c2)c2ccccc2S1(=O)=O)N1CCOCC1. The number of amides is 1. The molecule has 5 rings (SSSR count). The van der Waals surface area contributed by atoms with Crippen LogP contribution in [0.2, 0.25) is 0 Å². The van der Waals surface area contributed by atoms with Crippen LogP contribution in [0.5, 0.6) is 0 Å². The van der Waals surface area contributed by atoms with E-state index >= 15 is 0 Å². The van der Waals surface area contributed by atoms with Crippen LogP contribution in [0.25, 0.3) is 16.5 Å². The third-order valence-corrected chi connectivity index (χ3v) is 7.30. The van der Waals surface area contributed by atoms with E-state index in [9.17, 15) is 13.2 Å². The number of carbonyl (C=O) groups excluding carboxylic acids is 1. The summed E-state index contributed by atoms with van der Waals surface area (Å²) in [5.41, 5.74) is 1.57. The van der Waals surface area contributed by atoms with Crippen LogP contribution >= 0.6 is 0 Å². The first-order valence-corrected chi connectivity index (χ1v) is 11.3. The van der Waals surface area contributed by atoms with Crippen LogP contribution < -0.4 is 5.32 Å². The van der Waals surface area contributed by atoms with Gasteiger partial charge in [-0.3, -0.25) is 4.79 Å². The number of anilines is 1. The lowest BCUT2D eigenvalue weighted by atomic mass is 10.1. The summed E-state index contributed by atoms with van der Waals surface area (Å²) in [7, 11) is -3.92. The number of rotatable bonds is 3. The highest BCUT2D eigenvalue weighted by Crippen LogP contribution is 2.40. The number of nitrogens with one attached hydrogen (secondary N) is 1. The van der Waals surface area contributed by atoms with E-state index in [1.165, 1.54) is 0 Å². The third-order valence-electron chi connectivity index (χ3n) is 5.45. The van der Waals surface area contributed by atoms with Crippen LogP contribution in [0.3, 0.4) is 0 Å². The standard InChI is InChI=1S/C23H20N2O4S/c26-23(25-11-13-29-14-12-25)22-21(19-7-3-4-8-20(19)30(22,27)28)24-18-10-9-16-5-1-2-6-17(16)15-18/h1-10,15,24H,11-14H2. The Kier molecular flexibility index (Phi) is 4.56. The zero-order valence-electron chi connectivity index (χ0n) is 16.2. The topological polar surface area (TPSA) is 75.7 Å². The van der Waals surface area contributed by atoms with Crippen molar-refractivity contribution in [3.63, 3.8) is 0 Å². The van der Waals surface area contributed by atoms with Gasteiger partial charge < -0.3 is 15.0 Å². The molecule has 0 saturated carbocycles. The Hall–Kier alpha value is -3.16. The fourth-order valence-corrected chi connectivity index (χ4v) is 5.67. The summed E-state index contributed by atoms with van der Waals surface area (Å²) in [5.74, 6) is -0.488. The van der Waals surface area contributed by atoms with Gasteiger partial charge in [-0.2, -0.15) is 0 Å². The smallest absolute Gasteiger partial charge is 0.268 e. The van der Waals surface area contributed by atoms with Crippen molar-refractivity contribution in [1.29, 1.82) is 0 Å². The largest absolute Gasteiger partial charge is 0.378 e. The molecule has 2 aliphatic rings. The van der Waals surface area contributed by atoms with Crippen molar-refractivity contribution in [2.24, 2.45) is 0 Å². The van der Waals surface area contributed by atoms with E-state index in [1.807, 2.05) is 42.5 Å². The van der Waals surface area contributed by atoms with Crippen molar-refractivity contribution in [1.82, 2.24) is 4.90 Å². The Labute approximate surface area is 174 Å². The molecule has 7 heteroatoms. The Morgan fingerprint density at radius 2 is 1.60 bits per heavy atom. The monoisotopic (exact) mass is 420 g/mol. The zero-order chi connectivity index (χ0) is 20.7. The molecule has 6 nitrogen and oxygen atoms in total. The molecule has 1 fully saturated rings. The molecule has 1 N–H and O–H groups in total. The average Bonchev–Trinajstić information content (AvgIpc) is 3.00. The highest BCUT2D eigenvalue weighted by molar-refractivity contribution is 7.97. The number of fused-ring (bicyclic) bond motifs is 2. The van der Waals surface area contributed by atoms with E-state index in [1.54, 1.807) is 29.2 Å². The van der Waals surface area contributed by atoms with Crippen LogP contribution in [0.1, 0.15) is 5.56 Å². The number of nitrogens with zero attached hydrogens (tertiary/aromatic N) is 1. The average molecular weight is 420 g/mol. The molecule has 1 saturated heterocycles. The molecule has 0 atom stereocenters. The molecule has 3 aromatic carbocycles. The molecular formula is C23H20N2O4S. The van der Waals surface area contributed by atoms with Gasteiger partial charge in [-0.25, -0.2) is 8.42 Å². The van der Waals surface area contributed by atoms with Gasteiger partial charge in [-0.15, -0.1) is 0 Å². The van der Waals surface area contributed by atoms with E-state index in [0.29, 0.717) is 37.6 Å². The second-order valence-corrected chi connectivity index (χ2v) is 9.15. The Morgan fingerprint density at radius 3 is 2.40 bits per heavy atom. The molecule has 0 radical (unpaired) electrons. The van der Waals surface area contributed by atoms with Crippen molar-refractivity contribution in [3.05, 3.63) is 77.2 Å². The first-order valence-electron chi connectivity index (χ1n) is 9.77. The molecule has 0 unspecified atom stereocenters. The first kappa shape index (κ1) is 18.8. The van der Waals surface area contributed by atoms with Crippen LogP contribution in [0.4, 0.5) is 5.69 Å². The number of benzene rings is 3. The number of sulfone groups is 1. The maximum absolute atomic E-state index is 13.3. The molecule has 1 amide bonds.